The van der Waals surface area contributed by atoms with Crippen LogP contribution in [0.15, 0.2) is 42.5 Å². The number of rotatable bonds is 9. The van der Waals surface area contributed by atoms with Gasteiger partial charge in [0.15, 0.2) is 0 Å². The molecule has 0 aliphatic rings. The van der Waals surface area contributed by atoms with E-state index in [4.69, 9.17) is 14.2 Å². The summed E-state index contributed by atoms with van der Waals surface area (Å²) >= 11 is 0. The predicted octanol–water partition coefficient (Wildman–Crippen LogP) is 3.15. The van der Waals surface area contributed by atoms with Crippen LogP contribution in [0.25, 0.3) is 6.08 Å². The first-order valence-corrected chi connectivity index (χ1v) is 7.43. The molecular weight excluding hydrogens is 296 g/mol. The first kappa shape index (κ1) is 18.5. The Hall–Kier alpha value is -2.56. The van der Waals surface area contributed by atoms with E-state index in [2.05, 4.69) is 6.58 Å². The SMILES string of the molecule is C=C(C)C(=O)OCCOc1ccc(/C=C/C(=O)OCCC)cc1. The second-order valence-electron chi connectivity index (χ2n) is 4.83. The van der Waals surface area contributed by atoms with Crippen LogP contribution < -0.4 is 4.74 Å². The van der Waals surface area contributed by atoms with Crippen molar-refractivity contribution in [2.24, 2.45) is 0 Å². The monoisotopic (exact) mass is 318 g/mol. The molecule has 5 heteroatoms. The predicted molar refractivity (Wildman–Crippen MR) is 88.0 cm³/mol. The molecule has 0 radical (unpaired) electrons. The maximum absolute atomic E-state index is 11.3. The minimum Gasteiger partial charge on any atom is -0.490 e. The van der Waals surface area contributed by atoms with Gasteiger partial charge < -0.3 is 14.2 Å². The second kappa shape index (κ2) is 10.2. The third-order valence-corrected chi connectivity index (χ3v) is 2.67. The van der Waals surface area contributed by atoms with E-state index in [0.717, 1.165) is 12.0 Å². The summed E-state index contributed by atoms with van der Waals surface area (Å²) < 4.78 is 15.3. The molecular formula is C18H22O5. The van der Waals surface area contributed by atoms with Crippen molar-refractivity contribution in [3.63, 3.8) is 0 Å². The van der Waals surface area contributed by atoms with Crippen LogP contribution >= 0.6 is 0 Å². The van der Waals surface area contributed by atoms with Gasteiger partial charge in [-0.15, -0.1) is 0 Å². The number of carbonyl (C=O) groups is 2. The highest BCUT2D eigenvalue weighted by Crippen LogP contribution is 2.13. The van der Waals surface area contributed by atoms with E-state index < -0.39 is 5.97 Å². The van der Waals surface area contributed by atoms with Crippen LogP contribution in [0.5, 0.6) is 5.75 Å². The Morgan fingerprint density at radius 1 is 1.09 bits per heavy atom. The van der Waals surface area contributed by atoms with Crippen LogP contribution in [0.2, 0.25) is 0 Å². The van der Waals surface area contributed by atoms with Crippen LogP contribution in [0.4, 0.5) is 0 Å². The van der Waals surface area contributed by atoms with Crippen LogP contribution in [0, 0.1) is 0 Å². The summed E-state index contributed by atoms with van der Waals surface area (Å²) in [4.78, 5) is 22.5. The van der Waals surface area contributed by atoms with Crippen molar-refractivity contribution in [2.45, 2.75) is 20.3 Å². The van der Waals surface area contributed by atoms with E-state index in [0.29, 0.717) is 17.9 Å². The van der Waals surface area contributed by atoms with Crippen molar-refractivity contribution in [3.05, 3.63) is 48.1 Å². The first-order chi connectivity index (χ1) is 11.0. The summed E-state index contributed by atoms with van der Waals surface area (Å²) in [6.45, 7) is 7.87. The third kappa shape index (κ3) is 7.85. The van der Waals surface area contributed by atoms with Gasteiger partial charge in [-0.05, 0) is 37.1 Å². The van der Waals surface area contributed by atoms with Crippen LogP contribution in [-0.2, 0) is 19.1 Å². The lowest BCUT2D eigenvalue weighted by Gasteiger charge is -2.07. The van der Waals surface area contributed by atoms with Gasteiger partial charge in [0.25, 0.3) is 0 Å². The summed E-state index contributed by atoms with van der Waals surface area (Å²) in [5, 5.41) is 0. The molecule has 1 rings (SSSR count). The Balaban J connectivity index is 2.36. The molecule has 0 heterocycles. The Kier molecular flexibility index (Phi) is 8.21. The number of hydrogen-bond donors (Lipinski definition) is 0. The number of ether oxygens (including phenoxy) is 3. The topological polar surface area (TPSA) is 61.8 Å². The molecule has 0 N–H and O–H groups in total. The van der Waals surface area contributed by atoms with Gasteiger partial charge in [-0.2, -0.15) is 0 Å². The molecule has 0 fully saturated rings. The lowest BCUT2D eigenvalue weighted by Crippen LogP contribution is -2.12. The molecule has 0 saturated heterocycles. The van der Waals surface area contributed by atoms with Gasteiger partial charge in [0, 0.05) is 11.6 Å². The zero-order chi connectivity index (χ0) is 17.1. The van der Waals surface area contributed by atoms with Crippen molar-refractivity contribution in [3.8, 4) is 5.75 Å². The molecule has 0 atom stereocenters. The molecule has 1 aromatic carbocycles. The molecule has 0 unspecified atom stereocenters. The van der Waals surface area contributed by atoms with Crippen molar-refractivity contribution in [1.29, 1.82) is 0 Å². The molecule has 0 aromatic heterocycles. The minimum absolute atomic E-state index is 0.163. The van der Waals surface area contributed by atoms with Crippen LogP contribution in [0.1, 0.15) is 25.8 Å². The van der Waals surface area contributed by atoms with E-state index in [1.807, 2.05) is 19.1 Å². The Labute approximate surface area is 136 Å². The zero-order valence-electron chi connectivity index (χ0n) is 13.5. The lowest BCUT2D eigenvalue weighted by atomic mass is 10.2. The lowest BCUT2D eigenvalue weighted by molar-refractivity contribution is -0.140. The first-order valence-electron chi connectivity index (χ1n) is 7.43. The quantitative estimate of drug-likeness (QED) is 0.398. The molecule has 0 aliphatic carbocycles. The summed E-state index contributed by atoms with van der Waals surface area (Å²) in [5.74, 6) is -0.127. The van der Waals surface area contributed by atoms with Crippen molar-refractivity contribution >= 4 is 18.0 Å². The van der Waals surface area contributed by atoms with Gasteiger partial charge in [0.2, 0.25) is 0 Å². The average Bonchev–Trinajstić information content (AvgIpc) is 2.55. The van der Waals surface area contributed by atoms with Crippen molar-refractivity contribution in [1.82, 2.24) is 0 Å². The van der Waals surface area contributed by atoms with Gasteiger partial charge in [-0.3, -0.25) is 0 Å². The van der Waals surface area contributed by atoms with E-state index in [9.17, 15) is 9.59 Å². The molecule has 5 nitrogen and oxygen atoms in total. The van der Waals surface area contributed by atoms with Gasteiger partial charge in [-0.25, -0.2) is 9.59 Å². The zero-order valence-corrected chi connectivity index (χ0v) is 13.5. The number of benzene rings is 1. The highest BCUT2D eigenvalue weighted by molar-refractivity contribution is 5.87. The maximum Gasteiger partial charge on any atom is 0.333 e. The van der Waals surface area contributed by atoms with Crippen LogP contribution in [0.3, 0.4) is 0 Å². The molecule has 0 saturated carbocycles. The summed E-state index contributed by atoms with van der Waals surface area (Å²) in [6.07, 6.45) is 3.87. The van der Waals surface area contributed by atoms with Gasteiger partial charge in [0.05, 0.1) is 6.61 Å². The molecule has 0 amide bonds. The van der Waals surface area contributed by atoms with Gasteiger partial charge >= 0.3 is 11.9 Å². The maximum atomic E-state index is 11.3. The smallest absolute Gasteiger partial charge is 0.333 e. The van der Waals surface area contributed by atoms with Crippen molar-refractivity contribution in [2.75, 3.05) is 19.8 Å². The van der Waals surface area contributed by atoms with Crippen molar-refractivity contribution < 1.29 is 23.8 Å². The fourth-order valence-electron chi connectivity index (χ4n) is 1.51. The molecule has 0 bridgehead atoms. The summed E-state index contributed by atoms with van der Waals surface area (Å²) in [7, 11) is 0. The molecule has 1 aromatic rings. The normalized spacial score (nSPS) is 10.3. The van der Waals surface area contributed by atoms with E-state index in [-0.39, 0.29) is 19.2 Å². The minimum atomic E-state index is -0.427. The summed E-state index contributed by atoms with van der Waals surface area (Å²) in [5.41, 5.74) is 1.22. The highest BCUT2D eigenvalue weighted by Gasteiger charge is 2.02. The number of esters is 2. The van der Waals surface area contributed by atoms with E-state index in [1.165, 1.54) is 6.08 Å². The Bertz CT molecular complexity index is 557. The average molecular weight is 318 g/mol. The number of hydrogen-bond acceptors (Lipinski definition) is 5. The van der Waals surface area contributed by atoms with Crippen LogP contribution in [-0.4, -0.2) is 31.8 Å². The van der Waals surface area contributed by atoms with Gasteiger partial charge in [0.1, 0.15) is 19.0 Å². The molecule has 0 aliphatic heterocycles. The Morgan fingerprint density at radius 3 is 2.39 bits per heavy atom. The fourth-order valence-corrected chi connectivity index (χ4v) is 1.51. The molecule has 124 valence electrons. The molecule has 23 heavy (non-hydrogen) atoms. The highest BCUT2D eigenvalue weighted by atomic mass is 16.6. The number of carbonyl (C=O) groups excluding carboxylic acids is 2. The third-order valence-electron chi connectivity index (χ3n) is 2.67. The van der Waals surface area contributed by atoms with E-state index >= 15 is 0 Å². The molecule has 0 spiro atoms. The second-order valence-corrected chi connectivity index (χ2v) is 4.83. The standard InChI is InChI=1S/C18H22O5/c1-4-11-22-17(19)10-7-15-5-8-16(9-6-15)21-12-13-23-18(20)14(2)3/h5-10H,2,4,11-13H2,1,3H3/b10-7+. The largest absolute Gasteiger partial charge is 0.490 e. The summed E-state index contributed by atoms with van der Waals surface area (Å²) in [6, 6.07) is 7.19. The fraction of sp³-hybridized carbons (Fsp3) is 0.333. The Morgan fingerprint density at radius 2 is 1.78 bits per heavy atom. The van der Waals surface area contributed by atoms with E-state index in [1.54, 1.807) is 25.1 Å². The van der Waals surface area contributed by atoms with Gasteiger partial charge in [-0.1, -0.05) is 25.6 Å².